The standard InChI is InChI=1S/C22H27ClN4O/c23-17-9-11-19(12-10-17)26-13-15-27(16-14-26)21-8-4-7-20(25-21)22(28)24-18-5-2-1-3-6-18/h4,7-12,18H,1-3,5-6,13-16H2,(H,24,28). The van der Waals surface area contributed by atoms with Gasteiger partial charge in [0.2, 0.25) is 0 Å². The highest BCUT2D eigenvalue weighted by atomic mass is 35.5. The number of halogens is 1. The van der Waals surface area contributed by atoms with E-state index in [1.54, 1.807) is 0 Å². The minimum absolute atomic E-state index is 0.0476. The molecule has 2 aromatic rings. The van der Waals surface area contributed by atoms with E-state index in [4.69, 9.17) is 11.6 Å². The maximum absolute atomic E-state index is 12.6. The van der Waals surface area contributed by atoms with Crippen LogP contribution in [0.4, 0.5) is 11.5 Å². The molecule has 1 saturated carbocycles. The van der Waals surface area contributed by atoms with Gasteiger partial charge in [0.15, 0.2) is 0 Å². The molecule has 6 heteroatoms. The molecule has 4 rings (SSSR count). The summed E-state index contributed by atoms with van der Waals surface area (Å²) in [5.41, 5.74) is 1.71. The van der Waals surface area contributed by atoms with Gasteiger partial charge in [-0.15, -0.1) is 0 Å². The van der Waals surface area contributed by atoms with Crippen LogP contribution in [0.25, 0.3) is 0 Å². The Labute approximate surface area is 171 Å². The van der Waals surface area contributed by atoms with Crippen molar-refractivity contribution in [3.63, 3.8) is 0 Å². The first kappa shape index (κ1) is 19.1. The fourth-order valence-electron chi connectivity index (χ4n) is 4.08. The number of pyridine rings is 1. The number of piperazine rings is 1. The van der Waals surface area contributed by atoms with Gasteiger partial charge in [-0.05, 0) is 49.2 Å². The van der Waals surface area contributed by atoms with Gasteiger partial charge in [0, 0.05) is 42.9 Å². The number of rotatable bonds is 4. The molecule has 0 atom stereocenters. The third-order valence-corrected chi connectivity index (χ3v) is 5.95. The molecule has 1 N–H and O–H groups in total. The molecule has 0 unspecified atom stereocenters. The number of hydrogen-bond donors (Lipinski definition) is 1. The second-order valence-electron chi connectivity index (χ2n) is 7.64. The van der Waals surface area contributed by atoms with Crippen LogP contribution in [0, 0.1) is 0 Å². The molecule has 2 heterocycles. The largest absolute Gasteiger partial charge is 0.368 e. The third-order valence-electron chi connectivity index (χ3n) is 5.70. The van der Waals surface area contributed by atoms with E-state index in [0.29, 0.717) is 11.7 Å². The van der Waals surface area contributed by atoms with Crippen molar-refractivity contribution in [1.82, 2.24) is 10.3 Å². The molecule has 1 aromatic heterocycles. The lowest BCUT2D eigenvalue weighted by Crippen LogP contribution is -2.47. The quantitative estimate of drug-likeness (QED) is 0.841. The topological polar surface area (TPSA) is 48.5 Å². The predicted octanol–water partition coefficient (Wildman–Crippen LogP) is 4.12. The molecule has 0 radical (unpaired) electrons. The van der Waals surface area contributed by atoms with Crippen LogP contribution in [0.1, 0.15) is 42.6 Å². The molecule has 2 aliphatic rings. The molecule has 28 heavy (non-hydrogen) atoms. The first-order valence-corrected chi connectivity index (χ1v) is 10.6. The van der Waals surface area contributed by atoms with E-state index < -0.39 is 0 Å². The molecule has 1 aromatic carbocycles. The predicted molar refractivity (Wildman–Crippen MR) is 114 cm³/mol. The first-order valence-electron chi connectivity index (χ1n) is 10.2. The molecular formula is C22H27ClN4O. The summed E-state index contributed by atoms with van der Waals surface area (Å²) in [4.78, 5) is 21.9. The van der Waals surface area contributed by atoms with E-state index in [9.17, 15) is 4.79 Å². The van der Waals surface area contributed by atoms with Crippen LogP contribution in [0.3, 0.4) is 0 Å². The molecule has 148 valence electrons. The Morgan fingerprint density at radius 3 is 2.32 bits per heavy atom. The lowest BCUT2D eigenvalue weighted by molar-refractivity contribution is 0.0922. The summed E-state index contributed by atoms with van der Waals surface area (Å²) < 4.78 is 0. The van der Waals surface area contributed by atoms with Crippen LogP contribution in [0.15, 0.2) is 42.5 Å². The maximum Gasteiger partial charge on any atom is 0.270 e. The van der Waals surface area contributed by atoms with Gasteiger partial charge in [-0.25, -0.2) is 4.98 Å². The van der Waals surface area contributed by atoms with Crippen molar-refractivity contribution in [2.24, 2.45) is 0 Å². The average molecular weight is 399 g/mol. The molecule has 1 saturated heterocycles. The first-order chi connectivity index (χ1) is 13.7. The highest BCUT2D eigenvalue weighted by molar-refractivity contribution is 6.30. The van der Waals surface area contributed by atoms with Crippen LogP contribution in [0.2, 0.25) is 5.02 Å². The molecule has 5 nitrogen and oxygen atoms in total. The zero-order valence-corrected chi connectivity index (χ0v) is 16.9. The van der Waals surface area contributed by atoms with E-state index in [0.717, 1.165) is 49.9 Å². The van der Waals surface area contributed by atoms with Gasteiger partial charge in [0.1, 0.15) is 11.5 Å². The van der Waals surface area contributed by atoms with Crippen molar-refractivity contribution in [1.29, 1.82) is 0 Å². The van der Waals surface area contributed by atoms with Crippen LogP contribution < -0.4 is 15.1 Å². The second-order valence-corrected chi connectivity index (χ2v) is 8.08. The molecular weight excluding hydrogens is 372 g/mol. The Morgan fingerprint density at radius 2 is 1.61 bits per heavy atom. The number of nitrogens with one attached hydrogen (secondary N) is 1. The van der Waals surface area contributed by atoms with Gasteiger partial charge >= 0.3 is 0 Å². The highest BCUT2D eigenvalue weighted by Gasteiger charge is 2.21. The van der Waals surface area contributed by atoms with Crippen molar-refractivity contribution in [2.45, 2.75) is 38.1 Å². The molecule has 2 fully saturated rings. The van der Waals surface area contributed by atoms with Crippen LogP contribution in [-0.4, -0.2) is 43.1 Å². The van der Waals surface area contributed by atoms with Gasteiger partial charge in [-0.2, -0.15) is 0 Å². The summed E-state index contributed by atoms with van der Waals surface area (Å²) in [6.45, 7) is 3.59. The van der Waals surface area contributed by atoms with Crippen molar-refractivity contribution in [2.75, 3.05) is 36.0 Å². The fraction of sp³-hybridized carbons (Fsp3) is 0.455. The number of hydrogen-bond acceptors (Lipinski definition) is 4. The molecule has 1 aliphatic carbocycles. The Morgan fingerprint density at radius 1 is 0.929 bits per heavy atom. The fourth-order valence-corrected chi connectivity index (χ4v) is 4.20. The average Bonchev–Trinajstić information content (AvgIpc) is 2.75. The lowest BCUT2D eigenvalue weighted by atomic mass is 9.95. The summed E-state index contributed by atoms with van der Waals surface area (Å²) in [6, 6.07) is 14.0. The van der Waals surface area contributed by atoms with Gasteiger partial charge < -0.3 is 15.1 Å². The van der Waals surface area contributed by atoms with E-state index in [2.05, 4.69) is 32.2 Å². The van der Waals surface area contributed by atoms with Crippen molar-refractivity contribution >= 4 is 29.0 Å². The lowest BCUT2D eigenvalue weighted by Gasteiger charge is -2.36. The number of benzene rings is 1. The van der Waals surface area contributed by atoms with Gasteiger partial charge in [0.25, 0.3) is 5.91 Å². The SMILES string of the molecule is O=C(NC1CCCCC1)c1cccc(N2CCN(c3ccc(Cl)cc3)CC2)n1. The minimum atomic E-state index is -0.0476. The number of aromatic nitrogens is 1. The van der Waals surface area contributed by atoms with E-state index in [1.165, 1.54) is 24.9 Å². The number of nitrogens with zero attached hydrogens (tertiary/aromatic N) is 3. The number of carbonyl (C=O) groups is 1. The van der Waals surface area contributed by atoms with Gasteiger partial charge in [-0.1, -0.05) is 36.9 Å². The van der Waals surface area contributed by atoms with E-state index in [-0.39, 0.29) is 5.91 Å². The highest BCUT2D eigenvalue weighted by Crippen LogP contribution is 2.22. The van der Waals surface area contributed by atoms with Gasteiger partial charge in [-0.3, -0.25) is 4.79 Å². The Kier molecular flexibility index (Phi) is 6.01. The molecule has 1 amide bonds. The molecule has 0 bridgehead atoms. The molecule has 0 spiro atoms. The van der Waals surface area contributed by atoms with Gasteiger partial charge in [0.05, 0.1) is 0 Å². The normalized spacial score (nSPS) is 18.2. The smallest absolute Gasteiger partial charge is 0.270 e. The number of anilines is 2. The maximum atomic E-state index is 12.6. The summed E-state index contributed by atoms with van der Waals surface area (Å²) in [6.07, 6.45) is 5.85. The summed E-state index contributed by atoms with van der Waals surface area (Å²) in [7, 11) is 0. The summed E-state index contributed by atoms with van der Waals surface area (Å²) in [5, 5.41) is 3.92. The summed E-state index contributed by atoms with van der Waals surface area (Å²) in [5.74, 6) is 0.834. The van der Waals surface area contributed by atoms with Crippen LogP contribution in [-0.2, 0) is 0 Å². The summed E-state index contributed by atoms with van der Waals surface area (Å²) >= 11 is 5.99. The van der Waals surface area contributed by atoms with Crippen LogP contribution in [0.5, 0.6) is 0 Å². The van der Waals surface area contributed by atoms with E-state index >= 15 is 0 Å². The van der Waals surface area contributed by atoms with Crippen molar-refractivity contribution < 1.29 is 4.79 Å². The zero-order valence-electron chi connectivity index (χ0n) is 16.1. The number of amides is 1. The van der Waals surface area contributed by atoms with Crippen molar-refractivity contribution in [3.05, 3.63) is 53.2 Å². The second kappa shape index (κ2) is 8.82. The minimum Gasteiger partial charge on any atom is -0.368 e. The van der Waals surface area contributed by atoms with Crippen LogP contribution >= 0.6 is 11.6 Å². The Balaban J connectivity index is 1.36. The van der Waals surface area contributed by atoms with E-state index in [1.807, 2.05) is 30.3 Å². The monoisotopic (exact) mass is 398 g/mol. The molecule has 1 aliphatic heterocycles. The Bertz CT molecular complexity index is 796. The zero-order chi connectivity index (χ0) is 19.3. The van der Waals surface area contributed by atoms with Crippen molar-refractivity contribution in [3.8, 4) is 0 Å². The Hall–Kier alpha value is -2.27. The third kappa shape index (κ3) is 4.58. The number of carbonyl (C=O) groups excluding carboxylic acids is 1.